The Balaban J connectivity index is 2.21. The molecule has 2 rings (SSSR count). The number of hydrogen-bond acceptors (Lipinski definition) is 1. The fourth-order valence-corrected chi connectivity index (χ4v) is 2.64. The highest BCUT2D eigenvalue weighted by molar-refractivity contribution is 5.27. The van der Waals surface area contributed by atoms with Gasteiger partial charge in [-0.25, -0.2) is 0 Å². The molecule has 0 saturated carbocycles. The van der Waals surface area contributed by atoms with Crippen LogP contribution in [-0.4, -0.2) is 13.1 Å². The summed E-state index contributed by atoms with van der Waals surface area (Å²) in [5, 5.41) is 3.49. The zero-order valence-corrected chi connectivity index (χ0v) is 12.1. The average molecular weight is 253 g/mol. The molecule has 1 nitrogen and oxygen atoms in total. The van der Waals surface area contributed by atoms with Gasteiger partial charge in [-0.1, -0.05) is 74.5 Å². The smallest absolute Gasteiger partial charge is 0.0196 e. The molecular formula is C18H23N. The van der Waals surface area contributed by atoms with Gasteiger partial charge in [0, 0.05) is 11.5 Å². The highest BCUT2D eigenvalue weighted by Gasteiger charge is 2.29. The van der Waals surface area contributed by atoms with E-state index in [1.165, 1.54) is 11.1 Å². The van der Waals surface area contributed by atoms with Crippen molar-refractivity contribution in [2.24, 2.45) is 0 Å². The van der Waals surface area contributed by atoms with Crippen LogP contribution in [0.5, 0.6) is 0 Å². The molecule has 1 N–H and O–H groups in total. The molecule has 1 unspecified atom stereocenters. The topological polar surface area (TPSA) is 12.0 Å². The van der Waals surface area contributed by atoms with Gasteiger partial charge in [-0.15, -0.1) is 0 Å². The van der Waals surface area contributed by atoms with Gasteiger partial charge in [-0.05, 0) is 24.6 Å². The molecule has 0 radical (unpaired) electrons. The number of rotatable bonds is 5. The van der Waals surface area contributed by atoms with Gasteiger partial charge in [0.05, 0.1) is 0 Å². The van der Waals surface area contributed by atoms with Gasteiger partial charge >= 0.3 is 0 Å². The monoisotopic (exact) mass is 253 g/mol. The van der Waals surface area contributed by atoms with E-state index in [0.717, 1.165) is 6.42 Å². The van der Waals surface area contributed by atoms with Gasteiger partial charge < -0.3 is 5.32 Å². The Morgan fingerprint density at radius 3 is 1.95 bits per heavy atom. The average Bonchev–Trinajstić information content (AvgIpc) is 2.46. The molecule has 0 aliphatic carbocycles. The lowest BCUT2D eigenvalue weighted by molar-refractivity contribution is 0.356. The first-order valence-electron chi connectivity index (χ1n) is 6.91. The van der Waals surface area contributed by atoms with E-state index >= 15 is 0 Å². The first-order chi connectivity index (χ1) is 9.14. The standard InChI is InChI=1S/C18H23N/c1-18(2,16-12-8-5-9-13-16)17(19-3)14-15-10-6-4-7-11-15/h4-13,17,19H,14H2,1-3H3. The summed E-state index contributed by atoms with van der Waals surface area (Å²) in [6.45, 7) is 4.62. The Morgan fingerprint density at radius 2 is 1.42 bits per heavy atom. The van der Waals surface area contributed by atoms with Crippen LogP contribution in [0.1, 0.15) is 25.0 Å². The zero-order chi connectivity index (χ0) is 13.7. The summed E-state index contributed by atoms with van der Waals surface area (Å²) in [5.74, 6) is 0. The summed E-state index contributed by atoms with van der Waals surface area (Å²) in [6, 6.07) is 21.8. The van der Waals surface area contributed by atoms with E-state index in [0.29, 0.717) is 6.04 Å². The molecule has 100 valence electrons. The second-order valence-corrected chi connectivity index (χ2v) is 5.62. The predicted octanol–water partition coefficient (Wildman–Crippen LogP) is 3.79. The third-order valence-corrected chi connectivity index (χ3v) is 4.02. The molecule has 0 aromatic heterocycles. The Bertz CT molecular complexity index is 488. The molecule has 0 aliphatic heterocycles. The maximum Gasteiger partial charge on any atom is 0.0196 e. The normalized spacial score (nSPS) is 13.2. The van der Waals surface area contributed by atoms with Crippen molar-refractivity contribution in [3.63, 3.8) is 0 Å². The largest absolute Gasteiger partial charge is 0.316 e. The van der Waals surface area contributed by atoms with Gasteiger partial charge in [-0.2, -0.15) is 0 Å². The van der Waals surface area contributed by atoms with Crippen molar-refractivity contribution in [1.29, 1.82) is 0 Å². The predicted molar refractivity (Wildman–Crippen MR) is 82.5 cm³/mol. The summed E-state index contributed by atoms with van der Waals surface area (Å²) in [6.07, 6.45) is 1.04. The van der Waals surface area contributed by atoms with Crippen LogP contribution in [0, 0.1) is 0 Å². The molecule has 0 saturated heterocycles. The highest BCUT2D eigenvalue weighted by atomic mass is 14.9. The molecule has 0 bridgehead atoms. The van der Waals surface area contributed by atoms with Crippen molar-refractivity contribution >= 4 is 0 Å². The van der Waals surface area contributed by atoms with Crippen LogP contribution >= 0.6 is 0 Å². The number of benzene rings is 2. The lowest BCUT2D eigenvalue weighted by atomic mass is 9.75. The van der Waals surface area contributed by atoms with Crippen LogP contribution in [0.15, 0.2) is 60.7 Å². The maximum absolute atomic E-state index is 3.49. The number of hydrogen-bond donors (Lipinski definition) is 1. The molecule has 2 aromatic carbocycles. The minimum absolute atomic E-state index is 0.103. The van der Waals surface area contributed by atoms with E-state index < -0.39 is 0 Å². The van der Waals surface area contributed by atoms with Crippen LogP contribution in [0.3, 0.4) is 0 Å². The zero-order valence-electron chi connectivity index (χ0n) is 12.1. The summed E-state index contributed by atoms with van der Waals surface area (Å²) in [7, 11) is 2.05. The first kappa shape index (κ1) is 13.8. The lowest BCUT2D eigenvalue weighted by Gasteiger charge is -2.35. The summed E-state index contributed by atoms with van der Waals surface area (Å²) < 4.78 is 0. The van der Waals surface area contributed by atoms with Crippen LogP contribution in [0.4, 0.5) is 0 Å². The molecule has 0 spiro atoms. The fourth-order valence-electron chi connectivity index (χ4n) is 2.64. The van der Waals surface area contributed by atoms with Gasteiger partial charge in [-0.3, -0.25) is 0 Å². The van der Waals surface area contributed by atoms with Gasteiger partial charge in [0.2, 0.25) is 0 Å². The van der Waals surface area contributed by atoms with Gasteiger partial charge in [0.25, 0.3) is 0 Å². The molecule has 0 fully saturated rings. The van der Waals surface area contributed by atoms with Gasteiger partial charge in [0.1, 0.15) is 0 Å². The Hall–Kier alpha value is -1.60. The highest BCUT2D eigenvalue weighted by Crippen LogP contribution is 2.28. The summed E-state index contributed by atoms with van der Waals surface area (Å²) in [4.78, 5) is 0. The molecule has 0 aliphatic rings. The molecule has 2 aromatic rings. The van der Waals surface area contributed by atoms with Crippen molar-refractivity contribution in [3.8, 4) is 0 Å². The number of nitrogens with one attached hydrogen (secondary N) is 1. The van der Waals surface area contributed by atoms with Crippen molar-refractivity contribution in [2.75, 3.05) is 7.05 Å². The van der Waals surface area contributed by atoms with Crippen molar-refractivity contribution in [1.82, 2.24) is 5.32 Å². The second-order valence-electron chi connectivity index (χ2n) is 5.62. The van der Waals surface area contributed by atoms with E-state index in [4.69, 9.17) is 0 Å². The Kier molecular flexibility index (Phi) is 4.39. The van der Waals surface area contributed by atoms with E-state index in [9.17, 15) is 0 Å². The molecule has 1 atom stereocenters. The Labute approximate surface area is 116 Å². The molecule has 0 heterocycles. The minimum Gasteiger partial charge on any atom is -0.316 e. The van der Waals surface area contributed by atoms with Crippen molar-refractivity contribution in [2.45, 2.75) is 31.7 Å². The Morgan fingerprint density at radius 1 is 0.895 bits per heavy atom. The molecule has 0 amide bonds. The second kappa shape index (κ2) is 6.03. The molecular weight excluding hydrogens is 230 g/mol. The fraction of sp³-hybridized carbons (Fsp3) is 0.333. The van der Waals surface area contributed by atoms with Crippen LogP contribution < -0.4 is 5.32 Å². The third kappa shape index (κ3) is 3.24. The van der Waals surface area contributed by atoms with Crippen LogP contribution in [0.2, 0.25) is 0 Å². The SMILES string of the molecule is CNC(Cc1ccccc1)C(C)(C)c1ccccc1. The van der Waals surface area contributed by atoms with E-state index in [2.05, 4.69) is 86.9 Å². The summed E-state index contributed by atoms with van der Waals surface area (Å²) >= 11 is 0. The van der Waals surface area contributed by atoms with E-state index in [-0.39, 0.29) is 5.41 Å². The van der Waals surface area contributed by atoms with Crippen molar-refractivity contribution < 1.29 is 0 Å². The van der Waals surface area contributed by atoms with Crippen molar-refractivity contribution in [3.05, 3.63) is 71.8 Å². The van der Waals surface area contributed by atoms with E-state index in [1.807, 2.05) is 0 Å². The lowest BCUT2D eigenvalue weighted by Crippen LogP contribution is -2.44. The van der Waals surface area contributed by atoms with Crippen LogP contribution in [-0.2, 0) is 11.8 Å². The minimum atomic E-state index is 0.103. The molecule has 19 heavy (non-hydrogen) atoms. The first-order valence-corrected chi connectivity index (χ1v) is 6.91. The maximum atomic E-state index is 3.49. The van der Waals surface area contributed by atoms with E-state index in [1.54, 1.807) is 0 Å². The summed E-state index contributed by atoms with van der Waals surface area (Å²) in [5.41, 5.74) is 2.86. The van der Waals surface area contributed by atoms with Gasteiger partial charge in [0.15, 0.2) is 0 Å². The number of likely N-dealkylation sites (N-methyl/N-ethyl adjacent to an activating group) is 1. The quantitative estimate of drug-likeness (QED) is 0.854. The third-order valence-electron chi connectivity index (χ3n) is 4.02. The molecule has 1 heteroatoms. The van der Waals surface area contributed by atoms with Crippen LogP contribution in [0.25, 0.3) is 0 Å².